The second-order valence-electron chi connectivity index (χ2n) is 7.32. The second kappa shape index (κ2) is 4.68. The van der Waals surface area contributed by atoms with Gasteiger partial charge in [0.2, 0.25) is 0 Å². The maximum absolute atomic E-state index is 11.7. The smallest absolute Gasteiger partial charge is 0.179 e. The Balaban J connectivity index is 1.81. The molecule has 0 aromatic heterocycles. The highest BCUT2D eigenvalue weighted by Gasteiger charge is 2.71. The van der Waals surface area contributed by atoms with Crippen molar-refractivity contribution in [2.24, 2.45) is 5.28 Å². The van der Waals surface area contributed by atoms with E-state index >= 15 is 0 Å². The summed E-state index contributed by atoms with van der Waals surface area (Å²) in [6.45, 7) is 0.799. The normalized spacial score (nSPS) is 40.0. The Morgan fingerprint density at radius 2 is 2.32 bits per heavy atom. The highest BCUT2D eigenvalue weighted by Crippen LogP contribution is 2.63. The molecule has 8 heteroatoms. The number of benzene rings is 1. The summed E-state index contributed by atoms with van der Waals surface area (Å²) in [7, 11) is 2.02. The zero-order valence-corrected chi connectivity index (χ0v) is 13.7. The number of rotatable bonds is 2. The van der Waals surface area contributed by atoms with Crippen LogP contribution in [0.4, 0.5) is 0 Å². The number of aliphatic hydroxyl groups excluding tert-OH is 1. The molecule has 1 spiro atoms. The van der Waals surface area contributed by atoms with E-state index in [4.69, 9.17) is 15.1 Å². The Labute approximate surface area is 143 Å². The summed E-state index contributed by atoms with van der Waals surface area (Å²) < 4.78 is 6.13. The number of azide groups is 1. The molecule has 0 unspecified atom stereocenters. The van der Waals surface area contributed by atoms with Gasteiger partial charge in [-0.2, -0.15) is 0 Å². The van der Waals surface area contributed by atoms with E-state index < -0.39 is 23.2 Å². The molecule has 2 aliphatic heterocycles. The van der Waals surface area contributed by atoms with Crippen molar-refractivity contribution < 1.29 is 19.8 Å². The molecule has 25 heavy (non-hydrogen) atoms. The molecule has 5 atom stereocenters. The highest BCUT2D eigenvalue weighted by molar-refractivity contribution is 5.64. The minimum atomic E-state index is -1.13. The van der Waals surface area contributed by atoms with Crippen LogP contribution in [0.25, 0.3) is 10.4 Å². The van der Waals surface area contributed by atoms with Crippen LogP contribution in [0, 0.1) is 0 Å². The fourth-order valence-corrected chi connectivity index (χ4v) is 5.41. The summed E-state index contributed by atoms with van der Waals surface area (Å²) in [5, 5.41) is 25.5. The maximum atomic E-state index is 11.7. The first-order valence-electron chi connectivity index (χ1n) is 8.37. The van der Waals surface area contributed by atoms with E-state index in [2.05, 4.69) is 15.1 Å². The number of hydrogen-bond acceptors (Lipinski definition) is 6. The molecule has 8 nitrogen and oxygen atoms in total. The third kappa shape index (κ3) is 1.56. The molecule has 2 aliphatic carbocycles. The quantitative estimate of drug-likeness (QED) is 0.276. The second-order valence-corrected chi connectivity index (χ2v) is 7.32. The predicted molar refractivity (Wildman–Crippen MR) is 87.1 cm³/mol. The van der Waals surface area contributed by atoms with Crippen LogP contribution in [0.1, 0.15) is 17.5 Å². The summed E-state index contributed by atoms with van der Waals surface area (Å²) in [5.41, 5.74) is 8.65. The van der Waals surface area contributed by atoms with Gasteiger partial charge in [-0.15, -0.1) is 0 Å². The molecular formula is C17H18N4O4. The molecule has 1 saturated heterocycles. The van der Waals surface area contributed by atoms with E-state index in [0.717, 1.165) is 17.7 Å². The Hall–Kier alpha value is -2.25. The molecular weight excluding hydrogens is 324 g/mol. The van der Waals surface area contributed by atoms with Gasteiger partial charge in [0.25, 0.3) is 0 Å². The van der Waals surface area contributed by atoms with Gasteiger partial charge < -0.3 is 19.8 Å². The molecule has 5 rings (SSSR count). The predicted octanol–water partition coefficient (Wildman–Crippen LogP) is 1.21. The molecule has 2 bridgehead atoms. The Morgan fingerprint density at radius 3 is 3.12 bits per heavy atom. The molecule has 1 aromatic carbocycles. The van der Waals surface area contributed by atoms with Crippen LogP contribution in [-0.2, 0) is 11.8 Å². The monoisotopic (exact) mass is 342 g/mol. The summed E-state index contributed by atoms with van der Waals surface area (Å²) >= 11 is 0. The fourth-order valence-electron chi connectivity index (χ4n) is 5.41. The summed E-state index contributed by atoms with van der Waals surface area (Å²) in [5.74, 6) is 0.784. The van der Waals surface area contributed by atoms with Crippen LogP contribution in [0.5, 0.6) is 11.5 Å². The maximum Gasteiger partial charge on any atom is 0.179 e. The lowest BCUT2D eigenvalue weighted by molar-refractivity contribution is -0.151. The van der Waals surface area contributed by atoms with Gasteiger partial charge in [-0.3, -0.25) is 4.90 Å². The van der Waals surface area contributed by atoms with Crippen molar-refractivity contribution in [2.75, 3.05) is 13.6 Å². The lowest BCUT2D eigenvalue weighted by Crippen LogP contribution is -2.75. The average molecular weight is 342 g/mol. The van der Waals surface area contributed by atoms with E-state index in [1.54, 1.807) is 18.2 Å². The minimum absolute atomic E-state index is 0.0848. The number of likely N-dealkylation sites (N-methyl/N-ethyl adjacent to an activating group) is 1. The van der Waals surface area contributed by atoms with E-state index in [1.807, 2.05) is 13.1 Å². The number of aliphatic hydroxyl groups is 2. The van der Waals surface area contributed by atoms with Crippen LogP contribution in [0.3, 0.4) is 0 Å². The average Bonchev–Trinajstić information content (AvgIpc) is 2.96. The van der Waals surface area contributed by atoms with E-state index in [9.17, 15) is 10.2 Å². The summed E-state index contributed by atoms with van der Waals surface area (Å²) in [6, 6.07) is 3.57. The van der Waals surface area contributed by atoms with Gasteiger partial charge in [0.15, 0.2) is 11.5 Å². The molecule has 1 fully saturated rings. The van der Waals surface area contributed by atoms with Crippen molar-refractivity contribution in [1.29, 1.82) is 0 Å². The highest BCUT2D eigenvalue weighted by atomic mass is 16.7. The molecule has 2 N–H and O–H groups in total. The lowest BCUT2D eigenvalue weighted by atomic mass is 9.50. The van der Waals surface area contributed by atoms with Crippen LogP contribution in [-0.4, -0.2) is 52.6 Å². The summed E-state index contributed by atoms with van der Waals surface area (Å²) in [4.78, 5) is 9.93. The standard InChI is InChI=1S/C17H18N4O4/c1-21-7-6-16-13-9-2-3-11(25-20-19-18)14(13)24-15(16)10(22)4-5-17(16,23)12(21)8-9/h2-5,10,12,15,22-23H,6-8H2,1H3/t10-,12+,15-,16-,17+/m0/s1. The number of likely N-dealkylation sites (tertiary alicyclic amines) is 1. The number of nitrogens with zero attached hydrogens (tertiary/aromatic N) is 4. The Morgan fingerprint density at radius 1 is 1.48 bits per heavy atom. The van der Waals surface area contributed by atoms with Gasteiger partial charge >= 0.3 is 0 Å². The van der Waals surface area contributed by atoms with Crippen molar-refractivity contribution in [1.82, 2.24) is 4.90 Å². The molecule has 0 radical (unpaired) electrons. The summed E-state index contributed by atoms with van der Waals surface area (Å²) in [6.07, 6.45) is 3.29. The molecule has 0 saturated carbocycles. The van der Waals surface area contributed by atoms with Gasteiger partial charge in [0, 0.05) is 16.5 Å². The van der Waals surface area contributed by atoms with Crippen LogP contribution in [0.15, 0.2) is 29.6 Å². The first-order chi connectivity index (χ1) is 12.0. The Bertz CT molecular complexity index is 851. The SMILES string of the molecule is CN1CC[C@]23c4c5ccc(ON=[N+]=[N-])c4O[C@H]2[C@@H](O)C=C[C@@]3(O)[C@H]1C5. The molecule has 1 aromatic rings. The third-order valence-corrected chi connectivity index (χ3v) is 6.44. The van der Waals surface area contributed by atoms with E-state index in [0.29, 0.717) is 24.3 Å². The third-order valence-electron chi connectivity index (χ3n) is 6.44. The zero-order valence-electron chi connectivity index (χ0n) is 13.7. The van der Waals surface area contributed by atoms with E-state index in [-0.39, 0.29) is 6.04 Å². The number of hydrogen-bond donors (Lipinski definition) is 2. The molecule has 0 amide bonds. The van der Waals surface area contributed by atoms with Crippen LogP contribution in [0.2, 0.25) is 0 Å². The van der Waals surface area contributed by atoms with Crippen molar-refractivity contribution in [3.8, 4) is 11.5 Å². The first-order valence-corrected chi connectivity index (χ1v) is 8.37. The fraction of sp³-hybridized carbons (Fsp3) is 0.529. The molecule has 2 heterocycles. The Kier molecular flexibility index (Phi) is 2.81. The minimum Gasteiger partial charge on any atom is -0.482 e. The first kappa shape index (κ1) is 15.0. The largest absolute Gasteiger partial charge is 0.482 e. The zero-order chi connectivity index (χ0) is 17.4. The molecule has 130 valence electrons. The van der Waals surface area contributed by atoms with E-state index in [1.165, 1.54) is 0 Å². The van der Waals surface area contributed by atoms with Gasteiger partial charge in [0.1, 0.15) is 23.1 Å². The topological polar surface area (TPSA) is 111 Å². The van der Waals surface area contributed by atoms with Crippen LogP contribution < -0.4 is 9.57 Å². The van der Waals surface area contributed by atoms with Gasteiger partial charge in [-0.25, -0.2) is 0 Å². The molecule has 4 aliphatic rings. The van der Waals surface area contributed by atoms with Crippen molar-refractivity contribution in [3.05, 3.63) is 45.9 Å². The van der Waals surface area contributed by atoms with Gasteiger partial charge in [-0.05, 0) is 43.6 Å². The van der Waals surface area contributed by atoms with Gasteiger partial charge in [0.05, 0.1) is 5.41 Å². The van der Waals surface area contributed by atoms with Gasteiger partial charge in [-0.1, -0.05) is 18.2 Å². The van der Waals surface area contributed by atoms with Crippen molar-refractivity contribution in [3.63, 3.8) is 0 Å². The van der Waals surface area contributed by atoms with Crippen molar-refractivity contribution >= 4 is 0 Å². The number of piperidine rings is 1. The lowest BCUT2D eigenvalue weighted by Gasteiger charge is -2.61. The van der Waals surface area contributed by atoms with Crippen LogP contribution >= 0.6 is 0 Å². The van der Waals surface area contributed by atoms with Crippen molar-refractivity contribution in [2.45, 2.75) is 42.1 Å². The number of ether oxygens (including phenoxy) is 1.